The number of nitrogens with zero attached hydrogens (tertiary/aromatic N) is 3. The fraction of sp³-hybridized carbons (Fsp3) is 0.290. The van der Waals surface area contributed by atoms with Crippen LogP contribution < -0.4 is 14.4 Å². The van der Waals surface area contributed by atoms with Crippen molar-refractivity contribution in [2.24, 2.45) is 5.92 Å². The Bertz CT molecular complexity index is 1600. The second-order valence-corrected chi connectivity index (χ2v) is 13.3. The number of thiophene rings is 1. The summed E-state index contributed by atoms with van der Waals surface area (Å²) in [6.45, 7) is 6.82. The number of aryl methyl sites for hydroxylation is 1. The number of Topliss-reactive ketones (excluding diaryl/α,β-unsaturated/α-hetero) is 1. The summed E-state index contributed by atoms with van der Waals surface area (Å²) in [5, 5.41) is 21.8. The van der Waals surface area contributed by atoms with Gasteiger partial charge in [0, 0.05) is 5.75 Å². The first-order chi connectivity index (χ1) is 20.3. The maximum Gasteiger partial charge on any atom is 0.296 e. The fourth-order valence-electron chi connectivity index (χ4n) is 4.46. The lowest BCUT2D eigenvalue weighted by Crippen LogP contribution is -2.31. The van der Waals surface area contributed by atoms with Crippen LogP contribution in [0.2, 0.25) is 0 Å². The third kappa shape index (κ3) is 6.38. The summed E-state index contributed by atoms with van der Waals surface area (Å²) in [5.74, 6) is 0.471. The van der Waals surface area contributed by atoms with Crippen molar-refractivity contribution in [3.8, 4) is 11.5 Å². The van der Waals surface area contributed by atoms with Crippen molar-refractivity contribution in [3.63, 3.8) is 0 Å². The highest BCUT2D eigenvalue weighted by atomic mass is 32.2. The summed E-state index contributed by atoms with van der Waals surface area (Å²) >= 11 is 4.00. The zero-order valence-electron chi connectivity index (χ0n) is 23.7. The SMILES string of the molecule is COc1cc(C2C(C(=O)c3cccs3)=C(O)C(=O)N2c2nnc(SCc3ccc(C)cc3)s2)ccc1OCCC(C)C. The van der Waals surface area contributed by atoms with E-state index in [1.807, 2.05) is 6.92 Å². The van der Waals surface area contributed by atoms with Gasteiger partial charge in [-0.05, 0) is 54.0 Å². The number of methoxy groups -OCH3 is 1. The van der Waals surface area contributed by atoms with E-state index in [2.05, 4.69) is 48.3 Å². The monoisotopic (exact) mass is 621 g/mol. The smallest absolute Gasteiger partial charge is 0.296 e. The Labute approximate surface area is 257 Å². The standard InChI is InChI=1S/C31H31N3O5S3/c1-18(2)13-14-39-22-12-11-21(16-23(22)38-4)26-25(27(35)24-6-5-15-40-24)28(36)29(37)34(26)30-32-33-31(42-30)41-17-20-9-7-19(3)8-10-20/h5-12,15-16,18,26,36H,13-14,17H2,1-4H3. The number of ketones is 1. The minimum Gasteiger partial charge on any atom is -0.503 e. The number of thioether (sulfide) groups is 1. The van der Waals surface area contributed by atoms with Crippen molar-refractivity contribution in [2.75, 3.05) is 18.6 Å². The Hall–Kier alpha value is -3.67. The molecular formula is C31H31N3O5S3. The Morgan fingerprint density at radius 1 is 1.12 bits per heavy atom. The van der Waals surface area contributed by atoms with Crippen LogP contribution in [0.5, 0.6) is 11.5 Å². The summed E-state index contributed by atoms with van der Waals surface area (Å²) in [6, 6.07) is 16.0. The van der Waals surface area contributed by atoms with Crippen LogP contribution in [0.3, 0.4) is 0 Å². The summed E-state index contributed by atoms with van der Waals surface area (Å²) in [6.07, 6.45) is 0.882. The molecule has 0 radical (unpaired) electrons. The number of rotatable bonds is 12. The molecule has 218 valence electrons. The predicted octanol–water partition coefficient (Wildman–Crippen LogP) is 7.42. The van der Waals surface area contributed by atoms with E-state index < -0.39 is 23.5 Å². The van der Waals surface area contributed by atoms with Crippen LogP contribution >= 0.6 is 34.4 Å². The van der Waals surface area contributed by atoms with Crippen LogP contribution in [0, 0.1) is 12.8 Å². The molecule has 5 rings (SSSR count). The highest BCUT2D eigenvalue weighted by Gasteiger charge is 2.46. The van der Waals surface area contributed by atoms with Crippen molar-refractivity contribution >= 4 is 51.3 Å². The molecular weight excluding hydrogens is 591 g/mol. The number of hydrogen-bond acceptors (Lipinski definition) is 10. The van der Waals surface area contributed by atoms with Gasteiger partial charge in [-0.1, -0.05) is 78.9 Å². The number of aliphatic hydroxyl groups is 1. The second-order valence-electron chi connectivity index (χ2n) is 10.2. The van der Waals surface area contributed by atoms with E-state index in [0.717, 1.165) is 12.0 Å². The van der Waals surface area contributed by atoms with Crippen LogP contribution in [-0.2, 0) is 10.5 Å². The molecule has 4 aromatic rings. The van der Waals surface area contributed by atoms with Crippen LogP contribution in [-0.4, -0.2) is 40.7 Å². The maximum absolute atomic E-state index is 13.7. The van der Waals surface area contributed by atoms with E-state index in [0.29, 0.717) is 44.6 Å². The molecule has 1 amide bonds. The van der Waals surface area contributed by atoms with Gasteiger partial charge in [-0.25, -0.2) is 0 Å². The van der Waals surface area contributed by atoms with Crippen molar-refractivity contribution in [1.82, 2.24) is 10.2 Å². The molecule has 2 aromatic carbocycles. The molecule has 0 saturated carbocycles. The zero-order valence-corrected chi connectivity index (χ0v) is 26.1. The maximum atomic E-state index is 13.7. The molecule has 0 saturated heterocycles. The van der Waals surface area contributed by atoms with Gasteiger partial charge in [0.05, 0.1) is 30.2 Å². The summed E-state index contributed by atoms with van der Waals surface area (Å²) in [7, 11) is 1.54. The van der Waals surface area contributed by atoms with Crippen LogP contribution in [0.4, 0.5) is 5.13 Å². The number of amides is 1. The first-order valence-electron chi connectivity index (χ1n) is 13.4. The molecule has 8 nitrogen and oxygen atoms in total. The summed E-state index contributed by atoms with van der Waals surface area (Å²) in [5.41, 5.74) is 2.89. The number of aromatic nitrogens is 2. The summed E-state index contributed by atoms with van der Waals surface area (Å²) in [4.78, 5) is 29.0. The molecule has 0 fully saturated rings. The predicted molar refractivity (Wildman–Crippen MR) is 167 cm³/mol. The van der Waals surface area contributed by atoms with Gasteiger partial charge < -0.3 is 14.6 Å². The average molecular weight is 622 g/mol. The Balaban J connectivity index is 1.49. The molecule has 1 atom stereocenters. The Kier molecular flexibility index (Phi) is 9.30. The molecule has 1 aliphatic heterocycles. The Morgan fingerprint density at radius 2 is 1.90 bits per heavy atom. The second kappa shape index (κ2) is 13.1. The lowest BCUT2D eigenvalue weighted by Gasteiger charge is -2.24. The molecule has 2 aromatic heterocycles. The molecule has 0 aliphatic carbocycles. The Morgan fingerprint density at radius 3 is 2.60 bits per heavy atom. The van der Waals surface area contributed by atoms with E-state index in [-0.39, 0.29) is 10.7 Å². The molecule has 3 heterocycles. The van der Waals surface area contributed by atoms with Crippen LogP contribution in [0.15, 0.2) is 75.6 Å². The number of aliphatic hydroxyl groups excluding tert-OH is 1. The van der Waals surface area contributed by atoms with Crippen molar-refractivity contribution in [3.05, 3.63) is 92.9 Å². The number of carbonyl (C=O) groups is 2. The van der Waals surface area contributed by atoms with Gasteiger partial charge >= 0.3 is 0 Å². The van der Waals surface area contributed by atoms with Crippen molar-refractivity contribution < 1.29 is 24.2 Å². The number of hydrogen-bond donors (Lipinski definition) is 1. The van der Waals surface area contributed by atoms with E-state index >= 15 is 0 Å². The van der Waals surface area contributed by atoms with Gasteiger partial charge in [0.2, 0.25) is 10.9 Å². The van der Waals surface area contributed by atoms with Crippen molar-refractivity contribution in [2.45, 2.75) is 43.3 Å². The van der Waals surface area contributed by atoms with E-state index in [1.165, 1.54) is 44.9 Å². The molecule has 11 heteroatoms. The lowest BCUT2D eigenvalue weighted by atomic mass is 9.95. The van der Waals surface area contributed by atoms with Gasteiger partial charge in [0.1, 0.15) is 0 Å². The molecule has 0 bridgehead atoms. The van der Waals surface area contributed by atoms with Crippen molar-refractivity contribution in [1.29, 1.82) is 0 Å². The number of anilines is 1. The van der Waals surface area contributed by atoms with Gasteiger partial charge in [-0.15, -0.1) is 21.5 Å². The van der Waals surface area contributed by atoms with E-state index in [1.54, 1.807) is 42.8 Å². The highest BCUT2D eigenvalue weighted by molar-refractivity contribution is 8.00. The number of ether oxygens (including phenoxy) is 2. The number of carbonyl (C=O) groups excluding carboxylic acids is 2. The third-order valence-electron chi connectivity index (χ3n) is 6.74. The van der Waals surface area contributed by atoms with E-state index in [9.17, 15) is 14.7 Å². The molecule has 1 N–H and O–H groups in total. The molecule has 1 aliphatic rings. The first kappa shape index (κ1) is 29.8. The zero-order chi connectivity index (χ0) is 29.8. The van der Waals surface area contributed by atoms with Gasteiger partial charge in [-0.3, -0.25) is 14.5 Å². The molecule has 1 unspecified atom stereocenters. The molecule has 0 spiro atoms. The van der Waals surface area contributed by atoms with Gasteiger partial charge in [0.25, 0.3) is 5.91 Å². The lowest BCUT2D eigenvalue weighted by molar-refractivity contribution is -0.117. The number of benzene rings is 2. The minimum atomic E-state index is -0.936. The summed E-state index contributed by atoms with van der Waals surface area (Å²) < 4.78 is 12.3. The largest absolute Gasteiger partial charge is 0.503 e. The third-order valence-corrected chi connectivity index (χ3v) is 9.73. The first-order valence-corrected chi connectivity index (χ1v) is 16.1. The normalized spacial score (nSPS) is 15.1. The topological polar surface area (TPSA) is 102 Å². The van der Waals surface area contributed by atoms with Crippen LogP contribution in [0.25, 0.3) is 0 Å². The quantitative estimate of drug-likeness (QED) is 0.0991. The van der Waals surface area contributed by atoms with E-state index in [4.69, 9.17) is 9.47 Å². The van der Waals surface area contributed by atoms with Crippen LogP contribution in [0.1, 0.15) is 52.7 Å². The minimum absolute atomic E-state index is 0.0120. The highest BCUT2D eigenvalue weighted by Crippen LogP contribution is 2.45. The molecule has 42 heavy (non-hydrogen) atoms. The van der Waals surface area contributed by atoms with Gasteiger partial charge in [-0.2, -0.15) is 0 Å². The fourth-order valence-corrected chi connectivity index (χ4v) is 6.96. The average Bonchev–Trinajstić information content (AvgIpc) is 3.73. The van der Waals surface area contributed by atoms with Gasteiger partial charge in [0.15, 0.2) is 21.6 Å².